The van der Waals surface area contributed by atoms with Gasteiger partial charge in [-0.25, -0.2) is 21.1 Å². The predicted octanol–water partition coefficient (Wildman–Crippen LogP) is 5.00. The molecule has 22 heavy (non-hydrogen) atoms. The normalized spacial score (nSPS) is 18.3. The maximum atomic E-state index is 12.9. The standard InChI is InChI=1S/C8H7F13Si/c1-2-3(9)5(11,12)8(17,18)6(13,14)4(10)7(15,16)22(19,20)21/h3-4H,2H2,1H3. The van der Waals surface area contributed by atoms with Crippen LogP contribution < -0.4 is 0 Å². The maximum absolute atomic E-state index is 12.9. The second kappa shape index (κ2) is 5.74. The van der Waals surface area contributed by atoms with Crippen LogP contribution in [0.3, 0.4) is 0 Å². The molecule has 0 nitrogen and oxygen atoms in total. The Bertz CT molecular complexity index is 386. The van der Waals surface area contributed by atoms with E-state index in [1.807, 2.05) is 0 Å². The fourth-order valence-corrected chi connectivity index (χ4v) is 1.67. The summed E-state index contributed by atoms with van der Waals surface area (Å²) in [5, 5.41) is 0. The van der Waals surface area contributed by atoms with Gasteiger partial charge in [0.1, 0.15) is 0 Å². The molecule has 0 aromatic carbocycles. The Balaban J connectivity index is 5.91. The van der Waals surface area contributed by atoms with E-state index in [0.29, 0.717) is 6.92 Å². The fourth-order valence-electron chi connectivity index (χ4n) is 1.21. The summed E-state index contributed by atoms with van der Waals surface area (Å²) in [4.78, 5) is 0. The minimum atomic E-state index is -8.59. The van der Waals surface area contributed by atoms with E-state index < -0.39 is 51.2 Å². The minimum Gasteiger partial charge on any atom is -0.241 e. The molecule has 14 heteroatoms. The lowest BCUT2D eigenvalue weighted by Gasteiger charge is -2.37. The summed E-state index contributed by atoms with van der Waals surface area (Å²) in [6.07, 6.45) is -11.5. The third kappa shape index (κ3) is 3.02. The molecule has 0 radical (unpaired) electrons. The highest BCUT2D eigenvalue weighted by molar-refractivity contribution is 6.61. The van der Waals surface area contributed by atoms with E-state index in [1.165, 1.54) is 0 Å². The van der Waals surface area contributed by atoms with Gasteiger partial charge < -0.3 is 0 Å². The highest BCUT2D eigenvalue weighted by Gasteiger charge is 2.84. The predicted molar refractivity (Wildman–Crippen MR) is 48.9 cm³/mol. The van der Waals surface area contributed by atoms with Crippen LogP contribution in [0.25, 0.3) is 0 Å². The Labute approximate surface area is 115 Å². The fraction of sp³-hybridized carbons (Fsp3) is 1.00. The van der Waals surface area contributed by atoms with Crippen molar-refractivity contribution in [3.8, 4) is 0 Å². The molecule has 0 amide bonds. The highest BCUT2D eigenvalue weighted by Crippen LogP contribution is 2.54. The quantitative estimate of drug-likeness (QED) is 0.332. The van der Waals surface area contributed by atoms with Crippen LogP contribution in [0.15, 0.2) is 0 Å². The first-order valence-corrected chi connectivity index (χ1v) is 6.88. The van der Waals surface area contributed by atoms with Gasteiger partial charge in [-0.15, -0.1) is 0 Å². The van der Waals surface area contributed by atoms with Crippen LogP contribution in [0.5, 0.6) is 0 Å². The van der Waals surface area contributed by atoms with E-state index in [1.54, 1.807) is 0 Å². The van der Waals surface area contributed by atoms with Crippen LogP contribution in [0.1, 0.15) is 13.3 Å². The lowest BCUT2D eigenvalue weighted by atomic mass is 9.96. The molecule has 0 aliphatic carbocycles. The second-order valence-corrected chi connectivity index (χ2v) is 5.84. The van der Waals surface area contributed by atoms with Gasteiger partial charge in [0, 0.05) is 0 Å². The molecular formula is C8H7F13Si. The lowest BCUT2D eigenvalue weighted by Crippen LogP contribution is -2.67. The molecule has 2 atom stereocenters. The van der Waals surface area contributed by atoms with Gasteiger partial charge in [0.25, 0.3) is 0 Å². The molecule has 0 aliphatic rings. The summed E-state index contributed by atoms with van der Waals surface area (Å²) < 4.78 is 163. The van der Waals surface area contributed by atoms with Gasteiger partial charge in [0.2, 0.25) is 6.17 Å². The Morgan fingerprint density at radius 2 is 1.14 bits per heavy atom. The van der Waals surface area contributed by atoms with Gasteiger partial charge in [-0.05, 0) is 6.42 Å². The van der Waals surface area contributed by atoms with Crippen LogP contribution >= 0.6 is 0 Å². The summed E-state index contributed by atoms with van der Waals surface area (Å²) in [7, 11) is -8.59. The van der Waals surface area contributed by atoms with Gasteiger partial charge in [0.05, 0.1) is 0 Å². The molecule has 0 fully saturated rings. The average Bonchev–Trinajstić information content (AvgIpc) is 2.34. The van der Waals surface area contributed by atoms with Crippen molar-refractivity contribution in [3.05, 3.63) is 0 Å². The monoisotopic (exact) mass is 378 g/mol. The van der Waals surface area contributed by atoms with E-state index in [0.717, 1.165) is 0 Å². The van der Waals surface area contributed by atoms with E-state index in [9.17, 15) is 56.2 Å². The first-order valence-electron chi connectivity index (χ1n) is 5.25. The molecule has 0 aromatic heterocycles. The van der Waals surface area contributed by atoms with E-state index in [-0.39, 0.29) is 0 Å². The summed E-state index contributed by atoms with van der Waals surface area (Å²) in [6.45, 7) is 0.483. The second-order valence-electron chi connectivity index (χ2n) is 4.18. The molecule has 0 spiro atoms. The van der Waals surface area contributed by atoms with Crippen molar-refractivity contribution < 1.29 is 56.2 Å². The van der Waals surface area contributed by atoms with Crippen LogP contribution in [-0.2, 0) is 0 Å². The smallest absolute Gasteiger partial charge is 0.241 e. The molecule has 0 heterocycles. The minimum absolute atomic E-state index is 0.483. The third-order valence-electron chi connectivity index (χ3n) is 2.60. The molecule has 0 rings (SSSR count). The summed E-state index contributed by atoms with van der Waals surface area (Å²) >= 11 is 0. The van der Waals surface area contributed by atoms with Gasteiger partial charge in [-0.2, -0.15) is 35.1 Å². The van der Waals surface area contributed by atoms with Crippen molar-refractivity contribution >= 4 is 9.08 Å². The molecule has 0 N–H and O–H groups in total. The first-order chi connectivity index (χ1) is 9.39. The van der Waals surface area contributed by atoms with Crippen molar-refractivity contribution in [1.82, 2.24) is 0 Å². The molecule has 0 aromatic rings. The Hall–Kier alpha value is -0.693. The zero-order valence-electron chi connectivity index (χ0n) is 10.3. The topological polar surface area (TPSA) is 0 Å². The molecule has 2 unspecified atom stereocenters. The Morgan fingerprint density at radius 1 is 0.773 bits per heavy atom. The molecule has 134 valence electrons. The van der Waals surface area contributed by atoms with Crippen LogP contribution in [-0.4, -0.2) is 44.7 Å². The van der Waals surface area contributed by atoms with Crippen LogP contribution in [0.2, 0.25) is 0 Å². The SMILES string of the molecule is CCC(F)C(F)(F)C(F)(F)C(F)(F)C(F)C(F)(F)[Si](F)(F)F. The van der Waals surface area contributed by atoms with Gasteiger partial charge in [0.15, 0.2) is 6.17 Å². The number of hydrogen-bond donors (Lipinski definition) is 0. The van der Waals surface area contributed by atoms with Crippen molar-refractivity contribution in [1.29, 1.82) is 0 Å². The zero-order chi connectivity index (χ0) is 18.4. The number of hydrogen-bond acceptors (Lipinski definition) is 0. The summed E-state index contributed by atoms with van der Waals surface area (Å²) in [6, 6.07) is 0. The van der Waals surface area contributed by atoms with Crippen molar-refractivity contribution in [2.24, 2.45) is 0 Å². The Kier molecular flexibility index (Phi) is 5.56. The van der Waals surface area contributed by atoms with Crippen molar-refractivity contribution in [2.45, 2.75) is 49.0 Å². The average molecular weight is 378 g/mol. The Morgan fingerprint density at radius 3 is 1.41 bits per heavy atom. The van der Waals surface area contributed by atoms with E-state index >= 15 is 0 Å². The van der Waals surface area contributed by atoms with Gasteiger partial charge in [-0.1, -0.05) is 6.92 Å². The molecule has 0 aliphatic heterocycles. The molecule has 0 saturated heterocycles. The summed E-state index contributed by atoms with van der Waals surface area (Å²) in [5.41, 5.74) is -6.92. The largest absolute Gasteiger partial charge is 0.693 e. The van der Waals surface area contributed by atoms with E-state index in [4.69, 9.17) is 0 Å². The van der Waals surface area contributed by atoms with Crippen LogP contribution in [0.4, 0.5) is 56.2 Å². The van der Waals surface area contributed by atoms with Crippen molar-refractivity contribution in [2.75, 3.05) is 0 Å². The zero-order valence-corrected chi connectivity index (χ0v) is 11.3. The third-order valence-corrected chi connectivity index (χ3v) is 3.61. The van der Waals surface area contributed by atoms with Gasteiger partial charge >= 0.3 is 32.4 Å². The molecule has 0 saturated carbocycles. The lowest BCUT2D eigenvalue weighted by molar-refractivity contribution is -0.350. The van der Waals surface area contributed by atoms with Crippen LogP contribution in [0, 0.1) is 0 Å². The van der Waals surface area contributed by atoms with E-state index in [2.05, 4.69) is 0 Å². The first kappa shape index (κ1) is 21.3. The molecular weight excluding hydrogens is 371 g/mol. The highest BCUT2D eigenvalue weighted by atomic mass is 28.5. The maximum Gasteiger partial charge on any atom is 0.693 e. The number of halogens is 13. The number of rotatable bonds is 7. The number of alkyl halides is 10. The summed E-state index contributed by atoms with van der Waals surface area (Å²) in [5.74, 6) is -20.6. The van der Waals surface area contributed by atoms with Crippen molar-refractivity contribution in [3.63, 3.8) is 0 Å². The van der Waals surface area contributed by atoms with Gasteiger partial charge in [-0.3, -0.25) is 0 Å². The molecule has 0 bridgehead atoms.